The zero-order valence-corrected chi connectivity index (χ0v) is 10.2. The highest BCUT2D eigenvalue weighted by Crippen LogP contribution is 2.24. The molecule has 1 aromatic rings. The van der Waals surface area contributed by atoms with E-state index in [1.165, 1.54) is 18.3 Å². The van der Waals surface area contributed by atoms with Crippen molar-refractivity contribution in [3.05, 3.63) is 29.6 Å². The quantitative estimate of drug-likeness (QED) is 0.853. The van der Waals surface area contributed by atoms with Crippen LogP contribution in [-0.4, -0.2) is 28.0 Å². The first kappa shape index (κ1) is 12.5. The zero-order valence-electron chi connectivity index (χ0n) is 10.2. The molecule has 1 heterocycles. The van der Waals surface area contributed by atoms with Gasteiger partial charge >= 0.3 is 5.97 Å². The molecule has 0 bridgehead atoms. The largest absolute Gasteiger partial charge is 0.478 e. The van der Waals surface area contributed by atoms with Gasteiger partial charge in [-0.15, -0.1) is 0 Å². The Morgan fingerprint density at radius 1 is 1.39 bits per heavy atom. The van der Waals surface area contributed by atoms with Crippen LogP contribution in [0.4, 0.5) is 0 Å². The van der Waals surface area contributed by atoms with Crippen LogP contribution in [0.15, 0.2) is 18.3 Å². The summed E-state index contributed by atoms with van der Waals surface area (Å²) in [5.74, 6) is -0.781. The molecule has 1 aromatic heterocycles. The van der Waals surface area contributed by atoms with Gasteiger partial charge in [-0.05, 0) is 30.9 Å². The number of aromatic nitrogens is 1. The minimum absolute atomic E-state index is 0.0841. The van der Waals surface area contributed by atoms with Crippen molar-refractivity contribution in [1.82, 2.24) is 10.3 Å². The van der Waals surface area contributed by atoms with E-state index in [9.17, 15) is 9.59 Å². The highest BCUT2D eigenvalue weighted by molar-refractivity contribution is 5.93. The summed E-state index contributed by atoms with van der Waals surface area (Å²) in [5, 5.41) is 11.7. The van der Waals surface area contributed by atoms with Crippen LogP contribution >= 0.6 is 0 Å². The highest BCUT2D eigenvalue weighted by atomic mass is 16.4. The second kappa shape index (κ2) is 5.16. The van der Waals surface area contributed by atoms with Gasteiger partial charge in [0, 0.05) is 12.2 Å². The Bertz CT molecular complexity index is 456. The first-order valence-corrected chi connectivity index (χ1v) is 6.08. The summed E-state index contributed by atoms with van der Waals surface area (Å²) >= 11 is 0. The number of aromatic carboxylic acids is 1. The Morgan fingerprint density at radius 2 is 2.17 bits per heavy atom. The smallest absolute Gasteiger partial charge is 0.337 e. The van der Waals surface area contributed by atoms with Crippen LogP contribution in [0.1, 0.15) is 47.0 Å². The molecule has 0 saturated heterocycles. The number of carboxylic acids is 1. The predicted molar refractivity (Wildman–Crippen MR) is 65.5 cm³/mol. The zero-order chi connectivity index (χ0) is 13.1. The maximum absolute atomic E-state index is 11.9. The van der Waals surface area contributed by atoms with Gasteiger partial charge in [0.25, 0.3) is 5.91 Å². The Balaban J connectivity index is 2.02. The van der Waals surface area contributed by atoms with Gasteiger partial charge in [0.2, 0.25) is 0 Å². The molecule has 5 heteroatoms. The molecule has 1 aliphatic rings. The summed E-state index contributed by atoms with van der Waals surface area (Å²) in [4.78, 5) is 26.4. The second-order valence-electron chi connectivity index (χ2n) is 4.73. The number of hydrogen-bond acceptors (Lipinski definition) is 3. The minimum atomic E-state index is -1.04. The van der Waals surface area contributed by atoms with Crippen LogP contribution < -0.4 is 5.32 Å². The lowest BCUT2D eigenvalue weighted by Gasteiger charge is -2.16. The van der Waals surface area contributed by atoms with Crippen molar-refractivity contribution in [2.24, 2.45) is 5.92 Å². The number of amides is 1. The topological polar surface area (TPSA) is 79.3 Å². The molecule has 2 rings (SSSR count). The molecule has 2 atom stereocenters. The summed E-state index contributed by atoms with van der Waals surface area (Å²) < 4.78 is 0. The molecular formula is C13H16N2O3. The number of rotatable bonds is 3. The van der Waals surface area contributed by atoms with Gasteiger partial charge in [0.05, 0.1) is 5.56 Å². The molecule has 18 heavy (non-hydrogen) atoms. The molecule has 0 aliphatic heterocycles. The molecule has 96 valence electrons. The molecule has 1 amide bonds. The molecule has 1 fully saturated rings. The average molecular weight is 248 g/mol. The van der Waals surface area contributed by atoms with Gasteiger partial charge in [0.1, 0.15) is 5.69 Å². The van der Waals surface area contributed by atoms with Crippen LogP contribution in [0.5, 0.6) is 0 Å². The first-order valence-electron chi connectivity index (χ1n) is 6.08. The molecule has 1 aliphatic carbocycles. The fourth-order valence-corrected chi connectivity index (χ4v) is 2.26. The Hall–Kier alpha value is -1.91. The third-order valence-corrected chi connectivity index (χ3v) is 3.42. The summed E-state index contributed by atoms with van der Waals surface area (Å²) in [7, 11) is 0. The number of hydrogen-bond donors (Lipinski definition) is 2. The fraction of sp³-hybridized carbons (Fsp3) is 0.462. The predicted octanol–water partition coefficient (Wildman–Crippen LogP) is 1.70. The van der Waals surface area contributed by atoms with Crippen LogP contribution in [-0.2, 0) is 0 Å². The van der Waals surface area contributed by atoms with Crippen LogP contribution in [0.25, 0.3) is 0 Å². The number of carbonyl (C=O) groups is 2. The lowest BCUT2D eigenvalue weighted by atomic mass is 10.1. The second-order valence-corrected chi connectivity index (χ2v) is 4.73. The van der Waals surface area contributed by atoms with Crippen molar-refractivity contribution in [3.8, 4) is 0 Å². The molecular weight excluding hydrogens is 232 g/mol. The number of nitrogens with zero attached hydrogens (tertiary/aromatic N) is 1. The van der Waals surface area contributed by atoms with E-state index < -0.39 is 5.97 Å². The van der Waals surface area contributed by atoms with Gasteiger partial charge in [-0.3, -0.25) is 9.78 Å². The van der Waals surface area contributed by atoms with Crippen molar-refractivity contribution in [2.45, 2.75) is 32.2 Å². The first-order chi connectivity index (χ1) is 8.58. The fourth-order valence-electron chi connectivity index (χ4n) is 2.26. The SMILES string of the molecule is CC1CCCC1NC(=O)c1ccc(C(=O)O)cn1. The van der Waals surface area contributed by atoms with Crippen molar-refractivity contribution >= 4 is 11.9 Å². The standard InChI is InChI=1S/C13H16N2O3/c1-8-3-2-4-10(8)15-12(16)11-6-5-9(7-14-11)13(17)18/h5-8,10H,2-4H2,1H3,(H,15,16)(H,17,18). The van der Waals surface area contributed by atoms with Gasteiger partial charge in [-0.25, -0.2) is 4.79 Å². The Morgan fingerprint density at radius 3 is 2.67 bits per heavy atom. The molecule has 1 saturated carbocycles. The summed E-state index contributed by atoms with van der Waals surface area (Å²) in [6, 6.07) is 3.04. The maximum Gasteiger partial charge on any atom is 0.337 e. The van der Waals surface area contributed by atoms with Crippen molar-refractivity contribution in [1.29, 1.82) is 0 Å². The van der Waals surface area contributed by atoms with Crippen molar-refractivity contribution in [3.63, 3.8) is 0 Å². The molecule has 0 spiro atoms. The van der Waals surface area contributed by atoms with Crippen LogP contribution in [0.3, 0.4) is 0 Å². The molecule has 0 aromatic carbocycles. The van der Waals surface area contributed by atoms with Crippen LogP contribution in [0.2, 0.25) is 0 Å². The van der Waals surface area contributed by atoms with E-state index in [4.69, 9.17) is 5.11 Å². The monoisotopic (exact) mass is 248 g/mol. The lowest BCUT2D eigenvalue weighted by molar-refractivity contribution is 0.0695. The van der Waals surface area contributed by atoms with Crippen molar-refractivity contribution in [2.75, 3.05) is 0 Å². The lowest BCUT2D eigenvalue weighted by Crippen LogP contribution is -2.36. The van der Waals surface area contributed by atoms with Gasteiger partial charge in [-0.1, -0.05) is 13.3 Å². The Labute approximate surface area is 105 Å². The molecule has 5 nitrogen and oxygen atoms in total. The normalized spacial score (nSPS) is 22.7. The van der Waals surface area contributed by atoms with Crippen molar-refractivity contribution < 1.29 is 14.7 Å². The third-order valence-electron chi connectivity index (χ3n) is 3.42. The summed E-state index contributed by atoms with van der Waals surface area (Å²) in [5.41, 5.74) is 0.347. The summed E-state index contributed by atoms with van der Waals surface area (Å²) in [6.45, 7) is 2.12. The number of nitrogens with one attached hydrogen (secondary N) is 1. The number of carboxylic acid groups (broad SMARTS) is 1. The average Bonchev–Trinajstić information content (AvgIpc) is 2.75. The van der Waals surface area contributed by atoms with E-state index >= 15 is 0 Å². The van der Waals surface area contributed by atoms with E-state index in [2.05, 4.69) is 17.2 Å². The van der Waals surface area contributed by atoms with E-state index in [-0.39, 0.29) is 23.2 Å². The van der Waals surface area contributed by atoms with E-state index in [0.717, 1.165) is 19.3 Å². The third kappa shape index (κ3) is 2.67. The minimum Gasteiger partial charge on any atom is -0.478 e. The number of pyridine rings is 1. The highest BCUT2D eigenvalue weighted by Gasteiger charge is 2.25. The maximum atomic E-state index is 11.9. The van der Waals surface area contributed by atoms with Crippen LogP contribution in [0, 0.1) is 5.92 Å². The van der Waals surface area contributed by atoms with E-state index in [1.54, 1.807) is 0 Å². The Kier molecular flexibility index (Phi) is 3.60. The number of carbonyl (C=O) groups excluding carboxylic acids is 1. The van der Waals surface area contributed by atoms with E-state index in [0.29, 0.717) is 5.92 Å². The summed E-state index contributed by atoms with van der Waals surface area (Å²) in [6.07, 6.45) is 4.48. The molecule has 2 unspecified atom stereocenters. The van der Waals surface area contributed by atoms with E-state index in [1.807, 2.05) is 0 Å². The van der Waals surface area contributed by atoms with Gasteiger partial charge in [0.15, 0.2) is 0 Å². The molecule has 2 N–H and O–H groups in total. The molecule has 0 radical (unpaired) electrons. The van der Waals surface area contributed by atoms with Gasteiger partial charge in [-0.2, -0.15) is 0 Å². The van der Waals surface area contributed by atoms with Gasteiger partial charge < -0.3 is 10.4 Å².